The van der Waals surface area contributed by atoms with Crippen molar-refractivity contribution in [2.24, 2.45) is 0 Å². The Bertz CT molecular complexity index is 347. The molecule has 0 heterocycles. The van der Waals surface area contributed by atoms with Gasteiger partial charge in [0.2, 0.25) is 0 Å². The zero-order valence-corrected chi connectivity index (χ0v) is 14.0. The first kappa shape index (κ1) is 19.5. The molecule has 1 rings (SSSR count). The molecule has 0 bridgehead atoms. The van der Waals surface area contributed by atoms with Crippen LogP contribution in [0.15, 0.2) is 30.3 Å². The quantitative estimate of drug-likeness (QED) is 0.544. The van der Waals surface area contributed by atoms with Crippen LogP contribution in [0.5, 0.6) is 0 Å². The first-order chi connectivity index (χ1) is 9.33. The molecule has 0 aliphatic rings. The highest BCUT2D eigenvalue weighted by molar-refractivity contribution is 6.30. The van der Waals surface area contributed by atoms with E-state index in [1.54, 1.807) is 0 Å². The Kier molecular flexibility index (Phi) is 13.1. The van der Waals surface area contributed by atoms with Crippen LogP contribution in [-0.4, -0.2) is 13.1 Å². The lowest BCUT2D eigenvalue weighted by Gasteiger charge is -2.02. The maximum Gasteiger partial charge on any atom is 0.0406 e. The Morgan fingerprint density at radius 1 is 1.00 bits per heavy atom. The standard InChI is InChI=1S/C17H26ClN.ClH/c1-2-3-4-5-6-7-14-19-15-8-9-16-10-12-17(18)13-11-16;/h8-13,19H,2-7,14-15H2,1H3;1H/b9-8+;. The summed E-state index contributed by atoms with van der Waals surface area (Å²) in [7, 11) is 0. The second kappa shape index (κ2) is 13.5. The van der Waals surface area contributed by atoms with Crippen molar-refractivity contribution in [3.63, 3.8) is 0 Å². The highest BCUT2D eigenvalue weighted by Gasteiger charge is 1.90. The van der Waals surface area contributed by atoms with E-state index in [1.807, 2.05) is 24.3 Å². The molecule has 0 fully saturated rings. The van der Waals surface area contributed by atoms with E-state index in [9.17, 15) is 0 Å². The van der Waals surface area contributed by atoms with Gasteiger partial charge in [0.15, 0.2) is 0 Å². The second-order valence-electron chi connectivity index (χ2n) is 4.93. The van der Waals surface area contributed by atoms with Gasteiger partial charge in [0.1, 0.15) is 0 Å². The molecule has 1 N–H and O–H groups in total. The van der Waals surface area contributed by atoms with Gasteiger partial charge in [-0.15, -0.1) is 12.4 Å². The van der Waals surface area contributed by atoms with Crippen LogP contribution in [0, 0.1) is 0 Å². The van der Waals surface area contributed by atoms with Gasteiger partial charge in [-0.05, 0) is 30.7 Å². The fraction of sp³-hybridized carbons (Fsp3) is 0.529. The van der Waals surface area contributed by atoms with Gasteiger partial charge in [-0.2, -0.15) is 0 Å². The molecule has 20 heavy (non-hydrogen) atoms. The zero-order chi connectivity index (χ0) is 13.8. The smallest absolute Gasteiger partial charge is 0.0406 e. The Labute approximate surface area is 135 Å². The van der Waals surface area contributed by atoms with E-state index in [0.29, 0.717) is 0 Å². The van der Waals surface area contributed by atoms with Gasteiger partial charge in [0.25, 0.3) is 0 Å². The molecule has 0 saturated carbocycles. The van der Waals surface area contributed by atoms with Gasteiger partial charge in [0, 0.05) is 11.6 Å². The summed E-state index contributed by atoms with van der Waals surface area (Å²) in [5, 5.41) is 4.24. The predicted molar refractivity (Wildman–Crippen MR) is 94.0 cm³/mol. The normalized spacial score (nSPS) is 10.7. The van der Waals surface area contributed by atoms with Crippen molar-refractivity contribution in [3.8, 4) is 0 Å². The maximum atomic E-state index is 5.84. The van der Waals surface area contributed by atoms with E-state index < -0.39 is 0 Å². The van der Waals surface area contributed by atoms with E-state index in [1.165, 1.54) is 44.1 Å². The number of halogens is 2. The topological polar surface area (TPSA) is 12.0 Å². The molecule has 3 heteroatoms. The third-order valence-electron chi connectivity index (χ3n) is 3.15. The minimum absolute atomic E-state index is 0. The molecule has 1 aromatic rings. The molecule has 0 radical (unpaired) electrons. The molecule has 1 aromatic carbocycles. The van der Waals surface area contributed by atoms with Gasteiger partial charge >= 0.3 is 0 Å². The summed E-state index contributed by atoms with van der Waals surface area (Å²) < 4.78 is 0. The minimum Gasteiger partial charge on any atom is -0.313 e. The van der Waals surface area contributed by atoms with E-state index in [-0.39, 0.29) is 12.4 Å². The van der Waals surface area contributed by atoms with E-state index >= 15 is 0 Å². The van der Waals surface area contributed by atoms with E-state index in [4.69, 9.17) is 11.6 Å². The van der Waals surface area contributed by atoms with Crippen LogP contribution >= 0.6 is 24.0 Å². The number of rotatable bonds is 10. The first-order valence-electron chi connectivity index (χ1n) is 7.45. The average molecular weight is 316 g/mol. The summed E-state index contributed by atoms with van der Waals surface area (Å²) in [6, 6.07) is 7.91. The van der Waals surface area contributed by atoms with Crippen LogP contribution in [0.4, 0.5) is 0 Å². The molecular formula is C17H27Cl2N. The molecule has 0 aromatic heterocycles. The molecule has 0 spiro atoms. The van der Waals surface area contributed by atoms with Crippen molar-refractivity contribution >= 4 is 30.1 Å². The Morgan fingerprint density at radius 2 is 1.65 bits per heavy atom. The minimum atomic E-state index is 0. The summed E-state index contributed by atoms with van der Waals surface area (Å²) in [5.41, 5.74) is 1.20. The predicted octanol–water partition coefficient (Wildman–Crippen LogP) is 5.73. The lowest BCUT2D eigenvalue weighted by atomic mass is 10.1. The van der Waals surface area contributed by atoms with Crippen LogP contribution in [0.2, 0.25) is 5.02 Å². The van der Waals surface area contributed by atoms with Crippen molar-refractivity contribution in [1.29, 1.82) is 0 Å². The monoisotopic (exact) mass is 315 g/mol. The van der Waals surface area contributed by atoms with Crippen LogP contribution < -0.4 is 5.32 Å². The summed E-state index contributed by atoms with van der Waals surface area (Å²) in [6.07, 6.45) is 12.4. The van der Waals surface area contributed by atoms with Crippen LogP contribution in [0.1, 0.15) is 51.0 Å². The number of nitrogens with one attached hydrogen (secondary N) is 1. The first-order valence-corrected chi connectivity index (χ1v) is 7.83. The SMILES string of the molecule is CCCCCCCCNC/C=C/c1ccc(Cl)cc1.Cl. The Hall–Kier alpha value is -0.500. The second-order valence-corrected chi connectivity index (χ2v) is 5.36. The van der Waals surface area contributed by atoms with Crippen molar-refractivity contribution in [3.05, 3.63) is 40.9 Å². The van der Waals surface area contributed by atoms with Crippen LogP contribution in [0.25, 0.3) is 6.08 Å². The molecule has 0 saturated heterocycles. The number of benzene rings is 1. The summed E-state index contributed by atoms with van der Waals surface area (Å²) in [6.45, 7) is 4.32. The molecular weight excluding hydrogens is 289 g/mol. The van der Waals surface area contributed by atoms with Crippen molar-refractivity contribution < 1.29 is 0 Å². The van der Waals surface area contributed by atoms with Gasteiger partial charge in [0.05, 0.1) is 0 Å². The lowest BCUT2D eigenvalue weighted by Crippen LogP contribution is -2.14. The van der Waals surface area contributed by atoms with Crippen molar-refractivity contribution in [2.45, 2.75) is 45.4 Å². The Morgan fingerprint density at radius 3 is 2.35 bits per heavy atom. The van der Waals surface area contributed by atoms with Gasteiger partial charge in [-0.1, -0.05) is 74.9 Å². The van der Waals surface area contributed by atoms with Crippen molar-refractivity contribution in [2.75, 3.05) is 13.1 Å². The van der Waals surface area contributed by atoms with Gasteiger partial charge < -0.3 is 5.32 Å². The summed E-state index contributed by atoms with van der Waals surface area (Å²) in [5.74, 6) is 0. The maximum absolute atomic E-state index is 5.84. The number of hydrogen-bond acceptors (Lipinski definition) is 1. The molecule has 114 valence electrons. The molecule has 1 nitrogen and oxygen atoms in total. The molecule has 0 aliphatic heterocycles. The fourth-order valence-electron chi connectivity index (χ4n) is 1.98. The van der Waals surface area contributed by atoms with Crippen LogP contribution in [0.3, 0.4) is 0 Å². The van der Waals surface area contributed by atoms with Gasteiger partial charge in [-0.25, -0.2) is 0 Å². The van der Waals surface area contributed by atoms with Crippen molar-refractivity contribution in [1.82, 2.24) is 5.32 Å². The number of unbranched alkanes of at least 4 members (excludes halogenated alkanes) is 5. The van der Waals surface area contributed by atoms with E-state index in [2.05, 4.69) is 24.4 Å². The van der Waals surface area contributed by atoms with E-state index in [0.717, 1.165) is 18.1 Å². The average Bonchev–Trinajstić information content (AvgIpc) is 2.43. The lowest BCUT2D eigenvalue weighted by molar-refractivity contribution is 0.585. The fourth-order valence-corrected chi connectivity index (χ4v) is 2.11. The summed E-state index contributed by atoms with van der Waals surface area (Å²) in [4.78, 5) is 0. The highest BCUT2D eigenvalue weighted by Crippen LogP contribution is 2.10. The third-order valence-corrected chi connectivity index (χ3v) is 3.40. The Balaban J connectivity index is 0.00000361. The van der Waals surface area contributed by atoms with Gasteiger partial charge in [-0.3, -0.25) is 0 Å². The molecule has 0 aliphatic carbocycles. The highest BCUT2D eigenvalue weighted by atomic mass is 35.5. The largest absolute Gasteiger partial charge is 0.313 e. The molecule has 0 unspecified atom stereocenters. The zero-order valence-electron chi connectivity index (χ0n) is 12.4. The molecule has 0 atom stereocenters. The molecule has 0 amide bonds. The van der Waals surface area contributed by atoms with Crippen LogP contribution in [-0.2, 0) is 0 Å². The number of hydrogen-bond donors (Lipinski definition) is 1. The third kappa shape index (κ3) is 10.3. The summed E-state index contributed by atoms with van der Waals surface area (Å²) >= 11 is 5.84.